The van der Waals surface area contributed by atoms with Crippen LogP contribution in [0.25, 0.3) is 0 Å². The highest BCUT2D eigenvalue weighted by atomic mass is 35.5. The topological polar surface area (TPSA) is 29.5 Å². The van der Waals surface area contributed by atoms with Gasteiger partial charge in [0.2, 0.25) is 0 Å². The van der Waals surface area contributed by atoms with Gasteiger partial charge in [-0.05, 0) is 30.2 Å². The van der Waals surface area contributed by atoms with Crippen LogP contribution in [-0.2, 0) is 6.61 Å². The number of benzene rings is 2. The van der Waals surface area contributed by atoms with Gasteiger partial charge in [-0.2, -0.15) is 0 Å². The summed E-state index contributed by atoms with van der Waals surface area (Å²) in [6.45, 7) is 2.30. The van der Waals surface area contributed by atoms with E-state index in [0.717, 1.165) is 16.9 Å². The van der Waals surface area contributed by atoms with Crippen LogP contribution in [0.4, 0.5) is 0 Å². The molecule has 2 aromatic rings. The molecule has 1 N–H and O–H groups in total. The summed E-state index contributed by atoms with van der Waals surface area (Å²) in [7, 11) is 0. The molecule has 0 aromatic heterocycles. The highest BCUT2D eigenvalue weighted by Gasteiger charge is 2.06. The second-order valence-electron chi connectivity index (χ2n) is 4.49. The summed E-state index contributed by atoms with van der Waals surface area (Å²) >= 11 is 12.1. The summed E-state index contributed by atoms with van der Waals surface area (Å²) in [5.74, 6) is 0.730. The molecule has 1 atom stereocenters. The minimum absolute atomic E-state index is 0.356. The maximum atomic E-state index is 9.72. The van der Waals surface area contributed by atoms with E-state index in [1.807, 2.05) is 43.3 Å². The maximum Gasteiger partial charge on any atom is 0.119 e. The fourth-order valence-electron chi connectivity index (χ4n) is 1.84. The van der Waals surface area contributed by atoms with Gasteiger partial charge < -0.3 is 9.84 Å². The lowest BCUT2D eigenvalue weighted by Crippen LogP contribution is -1.98. The van der Waals surface area contributed by atoms with Gasteiger partial charge in [0, 0.05) is 5.56 Å². The SMILES string of the molecule is CC[C@@H](O)c1ccc(OCc2cccc(Cl)c2Cl)cc1. The van der Waals surface area contributed by atoms with Crippen molar-refractivity contribution in [2.75, 3.05) is 0 Å². The van der Waals surface area contributed by atoms with Crippen molar-refractivity contribution in [1.29, 1.82) is 0 Å². The van der Waals surface area contributed by atoms with Crippen LogP contribution >= 0.6 is 23.2 Å². The van der Waals surface area contributed by atoms with Crippen LogP contribution in [0.15, 0.2) is 42.5 Å². The smallest absolute Gasteiger partial charge is 0.119 e. The normalized spacial score (nSPS) is 12.2. The Labute approximate surface area is 128 Å². The molecule has 0 aliphatic rings. The third-order valence-corrected chi connectivity index (χ3v) is 3.94. The van der Waals surface area contributed by atoms with E-state index >= 15 is 0 Å². The Kier molecular flexibility index (Phi) is 5.30. The van der Waals surface area contributed by atoms with Crippen molar-refractivity contribution >= 4 is 23.2 Å². The van der Waals surface area contributed by atoms with Crippen molar-refractivity contribution in [3.05, 3.63) is 63.6 Å². The molecule has 0 aliphatic heterocycles. The van der Waals surface area contributed by atoms with Crippen LogP contribution in [0.3, 0.4) is 0 Å². The molecule has 0 saturated heterocycles. The van der Waals surface area contributed by atoms with Crippen molar-refractivity contribution in [3.63, 3.8) is 0 Å². The standard InChI is InChI=1S/C16H16Cl2O2/c1-2-15(19)11-6-8-13(9-7-11)20-10-12-4-3-5-14(17)16(12)18/h3-9,15,19H,2,10H2,1H3/t15-/m1/s1. The summed E-state index contributed by atoms with van der Waals surface area (Å²) in [6.07, 6.45) is 0.268. The lowest BCUT2D eigenvalue weighted by molar-refractivity contribution is 0.173. The van der Waals surface area contributed by atoms with Crippen LogP contribution in [0.2, 0.25) is 10.0 Å². The number of rotatable bonds is 5. The third-order valence-electron chi connectivity index (χ3n) is 3.08. The minimum Gasteiger partial charge on any atom is -0.489 e. The number of aliphatic hydroxyl groups excluding tert-OH is 1. The first-order valence-electron chi connectivity index (χ1n) is 6.45. The number of hydrogen-bond donors (Lipinski definition) is 1. The molecule has 0 amide bonds. The van der Waals surface area contributed by atoms with Crippen molar-refractivity contribution in [2.24, 2.45) is 0 Å². The summed E-state index contributed by atoms with van der Waals surface area (Å²) < 4.78 is 5.67. The summed E-state index contributed by atoms with van der Waals surface area (Å²) in [5.41, 5.74) is 1.73. The molecular weight excluding hydrogens is 295 g/mol. The first-order chi connectivity index (χ1) is 9.61. The first-order valence-corrected chi connectivity index (χ1v) is 7.21. The molecular formula is C16H16Cl2O2. The molecule has 0 fully saturated rings. The van der Waals surface area contributed by atoms with Gasteiger partial charge in [0.15, 0.2) is 0 Å². The quantitative estimate of drug-likeness (QED) is 0.840. The maximum absolute atomic E-state index is 9.72. The number of aliphatic hydroxyl groups is 1. The van der Waals surface area contributed by atoms with Gasteiger partial charge in [0.1, 0.15) is 12.4 Å². The largest absolute Gasteiger partial charge is 0.489 e. The van der Waals surface area contributed by atoms with Crippen molar-refractivity contribution in [3.8, 4) is 5.75 Å². The number of ether oxygens (including phenoxy) is 1. The van der Waals surface area contributed by atoms with Crippen LogP contribution in [-0.4, -0.2) is 5.11 Å². The minimum atomic E-state index is -0.425. The van der Waals surface area contributed by atoms with Gasteiger partial charge in [0.05, 0.1) is 16.1 Å². The van der Waals surface area contributed by atoms with Crippen LogP contribution in [0, 0.1) is 0 Å². The molecule has 0 saturated carbocycles. The van der Waals surface area contributed by atoms with Crippen LogP contribution in [0.1, 0.15) is 30.6 Å². The molecule has 0 unspecified atom stereocenters. The lowest BCUT2D eigenvalue weighted by atomic mass is 10.1. The molecule has 20 heavy (non-hydrogen) atoms. The second-order valence-corrected chi connectivity index (χ2v) is 5.28. The molecule has 0 spiro atoms. The van der Waals surface area contributed by atoms with Crippen molar-refractivity contribution < 1.29 is 9.84 Å². The number of halogens is 2. The third kappa shape index (κ3) is 3.66. The average Bonchev–Trinajstić information content (AvgIpc) is 2.48. The van der Waals surface area contributed by atoms with Crippen LogP contribution in [0.5, 0.6) is 5.75 Å². The Balaban J connectivity index is 2.02. The van der Waals surface area contributed by atoms with Gasteiger partial charge in [-0.1, -0.05) is 54.4 Å². The molecule has 0 radical (unpaired) electrons. The van der Waals surface area contributed by atoms with Crippen molar-refractivity contribution in [2.45, 2.75) is 26.1 Å². The summed E-state index contributed by atoms with van der Waals surface area (Å²) in [6, 6.07) is 12.9. The monoisotopic (exact) mass is 310 g/mol. The van der Waals surface area contributed by atoms with Crippen LogP contribution < -0.4 is 4.74 Å². The molecule has 0 heterocycles. The fraction of sp³-hybridized carbons (Fsp3) is 0.250. The van der Waals surface area contributed by atoms with E-state index in [1.54, 1.807) is 6.07 Å². The second kappa shape index (κ2) is 6.98. The van der Waals surface area contributed by atoms with E-state index in [2.05, 4.69) is 0 Å². The fourth-order valence-corrected chi connectivity index (χ4v) is 2.22. The highest BCUT2D eigenvalue weighted by Crippen LogP contribution is 2.27. The Hall–Kier alpha value is -1.22. The highest BCUT2D eigenvalue weighted by molar-refractivity contribution is 6.42. The predicted octanol–water partition coefficient (Wildman–Crippen LogP) is 5.02. The van der Waals surface area contributed by atoms with Gasteiger partial charge in [-0.3, -0.25) is 0 Å². The van der Waals surface area contributed by atoms with E-state index in [-0.39, 0.29) is 0 Å². The summed E-state index contributed by atoms with van der Waals surface area (Å²) in [4.78, 5) is 0. The zero-order chi connectivity index (χ0) is 14.5. The van der Waals surface area contributed by atoms with E-state index < -0.39 is 6.10 Å². The zero-order valence-electron chi connectivity index (χ0n) is 11.1. The van der Waals surface area contributed by atoms with Gasteiger partial charge in [-0.25, -0.2) is 0 Å². The van der Waals surface area contributed by atoms with Gasteiger partial charge in [0.25, 0.3) is 0 Å². The lowest BCUT2D eigenvalue weighted by Gasteiger charge is -2.11. The molecule has 2 nitrogen and oxygen atoms in total. The molecule has 0 aliphatic carbocycles. The average molecular weight is 311 g/mol. The Bertz CT molecular complexity index is 567. The Morgan fingerprint density at radius 3 is 2.45 bits per heavy atom. The molecule has 2 aromatic carbocycles. The predicted molar refractivity (Wildman–Crippen MR) is 82.5 cm³/mol. The van der Waals surface area contributed by atoms with E-state index in [1.165, 1.54) is 0 Å². The summed E-state index contributed by atoms with van der Waals surface area (Å²) in [5, 5.41) is 10.8. The van der Waals surface area contributed by atoms with Gasteiger partial charge in [-0.15, -0.1) is 0 Å². The molecule has 4 heteroatoms. The van der Waals surface area contributed by atoms with E-state index in [9.17, 15) is 5.11 Å². The van der Waals surface area contributed by atoms with Crippen molar-refractivity contribution in [1.82, 2.24) is 0 Å². The molecule has 0 bridgehead atoms. The Morgan fingerprint density at radius 2 is 1.80 bits per heavy atom. The molecule has 2 rings (SSSR count). The Morgan fingerprint density at radius 1 is 1.10 bits per heavy atom. The first kappa shape index (κ1) is 15.2. The number of hydrogen-bond acceptors (Lipinski definition) is 2. The van der Waals surface area contributed by atoms with E-state index in [4.69, 9.17) is 27.9 Å². The van der Waals surface area contributed by atoms with Gasteiger partial charge >= 0.3 is 0 Å². The molecule has 106 valence electrons. The zero-order valence-corrected chi connectivity index (χ0v) is 12.7. The van der Waals surface area contributed by atoms with E-state index in [0.29, 0.717) is 23.1 Å².